The lowest BCUT2D eigenvalue weighted by atomic mass is 9.81. The standard InChI is InChI=1S/C49H36N2O/c1-48(2)39-19-10-8-15-31(39)33-22-21-29(25-41(33)48)50-43-27-42-37(32-16-9-11-20-40(32)49(42,3)4)26-38(43)30-23-24-36-44-34(30)17-12-18-35(44)45-46(36)52-47(51-45)28-13-6-5-7-14-28/h5-27,50H,1-4H3. The molecule has 0 radical (unpaired) electrons. The maximum absolute atomic E-state index is 6.51. The van der Waals surface area contributed by atoms with E-state index in [1.165, 1.54) is 66.4 Å². The quantitative estimate of drug-likeness (QED) is 0.203. The molecule has 0 saturated carbocycles. The van der Waals surface area contributed by atoms with E-state index in [-0.39, 0.29) is 10.8 Å². The SMILES string of the molecule is CC1(C)c2ccccc2-c2ccc(Nc3cc4c(cc3-c3ccc5c6c(cccc36)-c3nc(-c6ccccc6)oc3-5)-c3ccccc3C4(C)C)cc21. The number of nitrogens with one attached hydrogen (secondary N) is 1. The van der Waals surface area contributed by atoms with Gasteiger partial charge in [-0.2, -0.15) is 0 Å². The smallest absolute Gasteiger partial charge is 0.227 e. The van der Waals surface area contributed by atoms with Crippen LogP contribution in [0, 0.1) is 0 Å². The molecule has 11 rings (SSSR count). The van der Waals surface area contributed by atoms with Gasteiger partial charge in [-0.05, 0) is 97.9 Å². The third-order valence-electron chi connectivity index (χ3n) is 12.1. The summed E-state index contributed by atoms with van der Waals surface area (Å²) in [6.45, 7) is 9.40. The monoisotopic (exact) mass is 668 g/mol. The molecule has 0 saturated heterocycles. The van der Waals surface area contributed by atoms with Gasteiger partial charge in [-0.25, -0.2) is 4.98 Å². The molecule has 3 nitrogen and oxygen atoms in total. The van der Waals surface area contributed by atoms with E-state index in [1.54, 1.807) is 0 Å². The molecule has 8 aromatic rings. The molecular weight excluding hydrogens is 633 g/mol. The number of benzene rings is 7. The topological polar surface area (TPSA) is 38.1 Å². The number of hydrogen-bond donors (Lipinski definition) is 1. The van der Waals surface area contributed by atoms with Crippen LogP contribution in [0.2, 0.25) is 0 Å². The largest absolute Gasteiger partial charge is 0.435 e. The van der Waals surface area contributed by atoms with Gasteiger partial charge >= 0.3 is 0 Å². The van der Waals surface area contributed by atoms with Crippen LogP contribution < -0.4 is 5.32 Å². The molecule has 3 aliphatic carbocycles. The van der Waals surface area contributed by atoms with Gasteiger partial charge in [-0.15, -0.1) is 0 Å². The molecule has 3 aliphatic rings. The lowest BCUT2D eigenvalue weighted by molar-refractivity contribution is 0.590. The van der Waals surface area contributed by atoms with Crippen molar-refractivity contribution in [3.63, 3.8) is 0 Å². The molecule has 0 amide bonds. The summed E-state index contributed by atoms with van der Waals surface area (Å²) < 4.78 is 6.51. The molecule has 0 bridgehead atoms. The van der Waals surface area contributed by atoms with Crippen LogP contribution >= 0.6 is 0 Å². The Morgan fingerprint density at radius 3 is 1.87 bits per heavy atom. The minimum absolute atomic E-state index is 0.0793. The number of oxazole rings is 1. The van der Waals surface area contributed by atoms with Gasteiger partial charge in [-0.3, -0.25) is 0 Å². The fraction of sp³-hybridized carbons (Fsp3) is 0.122. The van der Waals surface area contributed by atoms with E-state index in [9.17, 15) is 0 Å². The highest BCUT2D eigenvalue weighted by molar-refractivity contribution is 6.18. The van der Waals surface area contributed by atoms with Crippen molar-refractivity contribution in [3.05, 3.63) is 162 Å². The molecule has 0 fully saturated rings. The summed E-state index contributed by atoms with van der Waals surface area (Å²) in [6, 6.07) is 50.8. The van der Waals surface area contributed by atoms with Gasteiger partial charge in [-0.1, -0.05) is 125 Å². The van der Waals surface area contributed by atoms with Crippen molar-refractivity contribution in [1.82, 2.24) is 4.98 Å². The van der Waals surface area contributed by atoms with E-state index in [0.717, 1.165) is 39.5 Å². The Morgan fingerprint density at radius 2 is 1.10 bits per heavy atom. The average Bonchev–Trinajstić information content (AvgIpc) is 3.86. The Morgan fingerprint density at radius 1 is 0.481 bits per heavy atom. The average molecular weight is 669 g/mol. The third-order valence-corrected chi connectivity index (χ3v) is 12.1. The highest BCUT2D eigenvalue weighted by atomic mass is 16.4. The molecule has 0 spiro atoms. The molecule has 0 aliphatic heterocycles. The van der Waals surface area contributed by atoms with Crippen LogP contribution in [0.1, 0.15) is 49.9 Å². The summed E-state index contributed by atoms with van der Waals surface area (Å²) in [7, 11) is 0. The number of nitrogens with zero attached hydrogens (tertiary/aromatic N) is 1. The lowest BCUT2D eigenvalue weighted by Crippen LogP contribution is -2.15. The van der Waals surface area contributed by atoms with Crippen molar-refractivity contribution in [1.29, 1.82) is 0 Å². The molecule has 1 aromatic heterocycles. The van der Waals surface area contributed by atoms with Crippen LogP contribution in [0.4, 0.5) is 11.4 Å². The number of aromatic nitrogens is 1. The van der Waals surface area contributed by atoms with Crippen molar-refractivity contribution in [2.24, 2.45) is 0 Å². The predicted octanol–water partition coefficient (Wildman–Crippen LogP) is 13.2. The maximum atomic E-state index is 6.51. The van der Waals surface area contributed by atoms with E-state index in [2.05, 4.69) is 142 Å². The van der Waals surface area contributed by atoms with Crippen LogP contribution in [0.25, 0.3) is 78.2 Å². The zero-order chi connectivity index (χ0) is 34.9. The molecule has 1 heterocycles. The lowest BCUT2D eigenvalue weighted by Gasteiger charge is -2.24. The van der Waals surface area contributed by atoms with E-state index >= 15 is 0 Å². The Balaban J connectivity index is 1.10. The predicted molar refractivity (Wildman–Crippen MR) is 214 cm³/mol. The number of rotatable bonds is 4. The van der Waals surface area contributed by atoms with Gasteiger partial charge < -0.3 is 9.73 Å². The first-order valence-electron chi connectivity index (χ1n) is 18.2. The highest BCUT2D eigenvalue weighted by Crippen LogP contribution is 2.55. The Labute approximate surface area is 303 Å². The van der Waals surface area contributed by atoms with E-state index in [0.29, 0.717) is 5.89 Å². The second-order valence-corrected chi connectivity index (χ2v) is 15.6. The molecule has 248 valence electrons. The van der Waals surface area contributed by atoms with Crippen molar-refractivity contribution < 1.29 is 4.42 Å². The van der Waals surface area contributed by atoms with Gasteiger partial charge in [0.2, 0.25) is 5.89 Å². The van der Waals surface area contributed by atoms with Crippen LogP contribution in [0.15, 0.2) is 144 Å². The zero-order valence-electron chi connectivity index (χ0n) is 29.6. The minimum Gasteiger partial charge on any atom is -0.435 e. The molecular formula is C49H36N2O. The van der Waals surface area contributed by atoms with Crippen LogP contribution in [-0.2, 0) is 10.8 Å². The maximum Gasteiger partial charge on any atom is 0.227 e. The summed E-state index contributed by atoms with van der Waals surface area (Å²) in [4.78, 5) is 5.04. The summed E-state index contributed by atoms with van der Waals surface area (Å²) >= 11 is 0. The van der Waals surface area contributed by atoms with Crippen molar-refractivity contribution in [3.8, 4) is 67.4 Å². The second-order valence-electron chi connectivity index (χ2n) is 15.6. The minimum atomic E-state index is -0.124. The van der Waals surface area contributed by atoms with Gasteiger partial charge in [0.05, 0.1) is 0 Å². The Bertz CT molecular complexity index is 2790. The number of hydrogen-bond acceptors (Lipinski definition) is 3. The van der Waals surface area contributed by atoms with Crippen LogP contribution in [0.3, 0.4) is 0 Å². The van der Waals surface area contributed by atoms with Gasteiger partial charge in [0.1, 0.15) is 5.69 Å². The second kappa shape index (κ2) is 10.2. The summed E-state index contributed by atoms with van der Waals surface area (Å²) in [5, 5.41) is 6.37. The van der Waals surface area contributed by atoms with Crippen LogP contribution in [-0.4, -0.2) is 4.98 Å². The summed E-state index contributed by atoms with van der Waals surface area (Å²) in [6.07, 6.45) is 0. The highest BCUT2D eigenvalue weighted by Gasteiger charge is 2.38. The van der Waals surface area contributed by atoms with Crippen molar-refractivity contribution in [2.45, 2.75) is 38.5 Å². The molecule has 3 heteroatoms. The normalized spacial score (nSPS) is 14.8. The summed E-state index contributed by atoms with van der Waals surface area (Å²) in [5.74, 6) is 1.51. The number of anilines is 2. The first-order valence-corrected chi connectivity index (χ1v) is 18.2. The molecule has 52 heavy (non-hydrogen) atoms. The van der Waals surface area contributed by atoms with Gasteiger partial charge in [0.15, 0.2) is 5.76 Å². The number of fused-ring (bicyclic) bond motifs is 9. The van der Waals surface area contributed by atoms with E-state index < -0.39 is 0 Å². The molecule has 0 atom stereocenters. The zero-order valence-corrected chi connectivity index (χ0v) is 29.6. The van der Waals surface area contributed by atoms with Gasteiger partial charge in [0, 0.05) is 49.8 Å². The third kappa shape index (κ3) is 3.88. The fourth-order valence-corrected chi connectivity index (χ4v) is 9.43. The fourth-order valence-electron chi connectivity index (χ4n) is 9.43. The first-order chi connectivity index (χ1) is 25.3. The van der Waals surface area contributed by atoms with Gasteiger partial charge in [0.25, 0.3) is 0 Å². The Hall–Kier alpha value is -6.19. The van der Waals surface area contributed by atoms with E-state index in [1.807, 2.05) is 30.3 Å². The van der Waals surface area contributed by atoms with Crippen LogP contribution in [0.5, 0.6) is 0 Å². The molecule has 7 aromatic carbocycles. The summed E-state index contributed by atoms with van der Waals surface area (Å²) in [5.41, 5.74) is 19.2. The van der Waals surface area contributed by atoms with Crippen molar-refractivity contribution >= 4 is 22.1 Å². The van der Waals surface area contributed by atoms with E-state index in [4.69, 9.17) is 9.40 Å². The molecule has 1 N–H and O–H groups in total. The van der Waals surface area contributed by atoms with Crippen molar-refractivity contribution in [2.75, 3.05) is 5.32 Å². The molecule has 0 unspecified atom stereocenters. The Kier molecular flexibility index (Phi) is 5.79. The first kappa shape index (κ1) is 29.5.